The van der Waals surface area contributed by atoms with Crippen molar-refractivity contribution in [2.45, 2.75) is 30.7 Å². The SMILES string of the molecule is CCOC(=O)c1ccc(Sc2ccc(C)c(C)c2)nc1. The van der Waals surface area contributed by atoms with Gasteiger partial charge in [-0.05, 0) is 56.2 Å². The summed E-state index contributed by atoms with van der Waals surface area (Å²) in [6, 6.07) is 9.90. The molecule has 0 aliphatic heterocycles. The maximum absolute atomic E-state index is 11.5. The lowest BCUT2D eigenvalue weighted by atomic mass is 10.1. The molecular weight excluding hydrogens is 270 g/mol. The fourth-order valence-corrected chi connectivity index (χ4v) is 2.53. The van der Waals surface area contributed by atoms with Gasteiger partial charge in [0.2, 0.25) is 0 Å². The van der Waals surface area contributed by atoms with Crippen molar-refractivity contribution in [1.82, 2.24) is 4.98 Å². The molecule has 0 saturated carbocycles. The van der Waals surface area contributed by atoms with E-state index in [4.69, 9.17) is 4.74 Å². The number of nitrogens with zero attached hydrogens (tertiary/aromatic N) is 1. The maximum atomic E-state index is 11.5. The second kappa shape index (κ2) is 6.57. The van der Waals surface area contributed by atoms with E-state index in [0.29, 0.717) is 12.2 Å². The van der Waals surface area contributed by atoms with Crippen LogP contribution in [0.4, 0.5) is 0 Å². The van der Waals surface area contributed by atoms with E-state index in [1.54, 1.807) is 30.9 Å². The number of carbonyl (C=O) groups excluding carboxylic acids is 1. The first kappa shape index (κ1) is 14.6. The van der Waals surface area contributed by atoms with Crippen molar-refractivity contribution < 1.29 is 9.53 Å². The number of pyridine rings is 1. The van der Waals surface area contributed by atoms with Gasteiger partial charge in [0.1, 0.15) is 5.03 Å². The predicted octanol–water partition coefficient (Wildman–Crippen LogP) is 4.03. The number of esters is 1. The Morgan fingerprint density at radius 2 is 2.00 bits per heavy atom. The van der Waals surface area contributed by atoms with Gasteiger partial charge in [-0.15, -0.1) is 0 Å². The van der Waals surface area contributed by atoms with Crippen molar-refractivity contribution in [3.05, 3.63) is 53.2 Å². The lowest BCUT2D eigenvalue weighted by Crippen LogP contribution is -2.04. The fraction of sp³-hybridized carbons (Fsp3) is 0.250. The average Bonchev–Trinajstić information content (AvgIpc) is 2.44. The molecule has 0 unspecified atom stereocenters. The van der Waals surface area contributed by atoms with Crippen LogP contribution in [0.1, 0.15) is 28.4 Å². The Kier molecular flexibility index (Phi) is 4.79. The summed E-state index contributed by atoms with van der Waals surface area (Å²) in [6.45, 7) is 6.35. The Balaban J connectivity index is 2.10. The minimum Gasteiger partial charge on any atom is -0.462 e. The summed E-state index contributed by atoms with van der Waals surface area (Å²) in [6.07, 6.45) is 1.56. The van der Waals surface area contributed by atoms with Gasteiger partial charge in [-0.1, -0.05) is 17.8 Å². The highest BCUT2D eigenvalue weighted by molar-refractivity contribution is 7.99. The van der Waals surface area contributed by atoms with E-state index in [1.165, 1.54) is 11.1 Å². The van der Waals surface area contributed by atoms with Gasteiger partial charge in [-0.25, -0.2) is 9.78 Å². The minimum atomic E-state index is -0.331. The number of benzene rings is 1. The summed E-state index contributed by atoms with van der Waals surface area (Å²) in [4.78, 5) is 17.0. The quantitative estimate of drug-likeness (QED) is 0.796. The molecule has 0 N–H and O–H groups in total. The van der Waals surface area contributed by atoms with E-state index in [9.17, 15) is 4.79 Å². The molecule has 0 radical (unpaired) electrons. The van der Waals surface area contributed by atoms with Crippen LogP contribution in [0.5, 0.6) is 0 Å². The molecule has 1 aromatic carbocycles. The third-order valence-corrected chi connectivity index (χ3v) is 3.89. The van der Waals surface area contributed by atoms with Crippen LogP contribution < -0.4 is 0 Å². The third-order valence-electron chi connectivity index (χ3n) is 2.95. The molecule has 104 valence electrons. The predicted molar refractivity (Wildman–Crippen MR) is 80.2 cm³/mol. The van der Waals surface area contributed by atoms with E-state index < -0.39 is 0 Å². The summed E-state index contributed by atoms with van der Waals surface area (Å²) in [7, 11) is 0. The van der Waals surface area contributed by atoms with Crippen molar-refractivity contribution in [2.75, 3.05) is 6.61 Å². The summed E-state index contributed by atoms with van der Waals surface area (Å²) >= 11 is 1.58. The zero-order chi connectivity index (χ0) is 14.5. The first-order valence-electron chi connectivity index (χ1n) is 6.48. The van der Waals surface area contributed by atoms with Crippen molar-refractivity contribution in [3.8, 4) is 0 Å². The van der Waals surface area contributed by atoms with Gasteiger partial charge >= 0.3 is 5.97 Å². The number of aryl methyl sites for hydroxylation is 2. The zero-order valence-corrected chi connectivity index (χ0v) is 12.7. The first-order valence-corrected chi connectivity index (χ1v) is 7.30. The molecule has 0 bridgehead atoms. The minimum absolute atomic E-state index is 0.331. The van der Waals surface area contributed by atoms with Gasteiger partial charge in [-0.2, -0.15) is 0 Å². The lowest BCUT2D eigenvalue weighted by Gasteiger charge is -2.05. The van der Waals surface area contributed by atoms with Crippen LogP contribution in [0.25, 0.3) is 0 Å². The summed E-state index contributed by atoms with van der Waals surface area (Å²) in [5.41, 5.74) is 3.02. The second-order valence-corrected chi connectivity index (χ2v) is 5.55. The van der Waals surface area contributed by atoms with Crippen molar-refractivity contribution in [2.24, 2.45) is 0 Å². The Morgan fingerprint density at radius 1 is 1.20 bits per heavy atom. The third kappa shape index (κ3) is 3.61. The van der Waals surface area contributed by atoms with Gasteiger partial charge < -0.3 is 4.74 Å². The van der Waals surface area contributed by atoms with Crippen LogP contribution in [0.3, 0.4) is 0 Å². The van der Waals surface area contributed by atoms with E-state index in [2.05, 4.69) is 37.0 Å². The van der Waals surface area contributed by atoms with Gasteiger partial charge in [0, 0.05) is 11.1 Å². The number of carbonyl (C=O) groups is 1. The molecule has 2 rings (SSSR count). The average molecular weight is 287 g/mol. The molecule has 3 nitrogen and oxygen atoms in total. The molecule has 0 saturated heterocycles. The standard InChI is InChI=1S/C16H17NO2S/c1-4-19-16(18)13-6-8-15(17-10-13)20-14-7-5-11(2)12(3)9-14/h5-10H,4H2,1-3H3. The molecule has 0 atom stereocenters. The van der Waals surface area contributed by atoms with E-state index in [0.717, 1.165) is 9.92 Å². The molecule has 0 amide bonds. The molecular formula is C16H17NO2S. The van der Waals surface area contributed by atoms with Crippen LogP contribution in [0, 0.1) is 13.8 Å². The molecule has 0 fully saturated rings. The smallest absolute Gasteiger partial charge is 0.339 e. The molecule has 0 aliphatic carbocycles. The normalized spacial score (nSPS) is 10.3. The number of rotatable bonds is 4. The molecule has 2 aromatic rings. The van der Waals surface area contributed by atoms with E-state index in [-0.39, 0.29) is 5.97 Å². The summed E-state index contributed by atoms with van der Waals surface area (Å²) in [5, 5.41) is 0.862. The van der Waals surface area contributed by atoms with Gasteiger partial charge in [-0.3, -0.25) is 0 Å². The molecule has 1 heterocycles. The Bertz CT molecular complexity index is 608. The molecule has 0 spiro atoms. The summed E-state index contributed by atoms with van der Waals surface area (Å²) in [5.74, 6) is -0.331. The van der Waals surface area contributed by atoms with Crippen LogP contribution in [0.15, 0.2) is 46.5 Å². The summed E-state index contributed by atoms with van der Waals surface area (Å²) < 4.78 is 4.93. The van der Waals surface area contributed by atoms with Crippen molar-refractivity contribution >= 4 is 17.7 Å². The van der Waals surface area contributed by atoms with Gasteiger partial charge in [0.25, 0.3) is 0 Å². The number of aromatic nitrogens is 1. The number of hydrogen-bond donors (Lipinski definition) is 0. The van der Waals surface area contributed by atoms with Crippen molar-refractivity contribution in [3.63, 3.8) is 0 Å². The van der Waals surface area contributed by atoms with Crippen LogP contribution in [0.2, 0.25) is 0 Å². The van der Waals surface area contributed by atoms with Crippen LogP contribution in [-0.4, -0.2) is 17.6 Å². The van der Waals surface area contributed by atoms with E-state index in [1.807, 2.05) is 6.07 Å². The number of ether oxygens (including phenoxy) is 1. The second-order valence-electron chi connectivity index (χ2n) is 4.45. The maximum Gasteiger partial charge on any atom is 0.339 e. The topological polar surface area (TPSA) is 39.2 Å². The number of hydrogen-bond acceptors (Lipinski definition) is 4. The van der Waals surface area contributed by atoms with Crippen LogP contribution >= 0.6 is 11.8 Å². The Hall–Kier alpha value is -1.81. The molecule has 20 heavy (non-hydrogen) atoms. The molecule has 0 aliphatic rings. The Morgan fingerprint density at radius 3 is 2.60 bits per heavy atom. The van der Waals surface area contributed by atoms with Gasteiger partial charge in [0.15, 0.2) is 0 Å². The monoisotopic (exact) mass is 287 g/mol. The zero-order valence-electron chi connectivity index (χ0n) is 11.8. The van der Waals surface area contributed by atoms with Gasteiger partial charge in [0.05, 0.1) is 12.2 Å². The van der Waals surface area contributed by atoms with Crippen LogP contribution in [-0.2, 0) is 4.74 Å². The molecule has 4 heteroatoms. The fourth-order valence-electron chi connectivity index (χ4n) is 1.67. The highest BCUT2D eigenvalue weighted by Crippen LogP contribution is 2.27. The van der Waals surface area contributed by atoms with Crippen molar-refractivity contribution in [1.29, 1.82) is 0 Å². The molecule has 1 aromatic heterocycles. The highest BCUT2D eigenvalue weighted by atomic mass is 32.2. The first-order chi connectivity index (χ1) is 9.60. The largest absolute Gasteiger partial charge is 0.462 e. The van der Waals surface area contributed by atoms with E-state index >= 15 is 0 Å². The lowest BCUT2D eigenvalue weighted by molar-refractivity contribution is 0.0525. The highest BCUT2D eigenvalue weighted by Gasteiger charge is 2.07. The Labute approximate surface area is 123 Å².